The molecule has 3 N–H and O–H groups in total. The van der Waals surface area contributed by atoms with Crippen molar-refractivity contribution >= 4 is 0 Å². The van der Waals surface area contributed by atoms with E-state index in [9.17, 15) is 5.11 Å². The second-order valence-electron chi connectivity index (χ2n) is 4.99. The van der Waals surface area contributed by atoms with Crippen LogP contribution in [0.3, 0.4) is 0 Å². The van der Waals surface area contributed by atoms with E-state index in [1.165, 1.54) is 5.56 Å². The van der Waals surface area contributed by atoms with Gasteiger partial charge in [0.25, 0.3) is 0 Å². The van der Waals surface area contributed by atoms with Gasteiger partial charge >= 0.3 is 0 Å². The minimum Gasteiger partial charge on any atom is -0.508 e. The highest BCUT2D eigenvalue weighted by Crippen LogP contribution is 2.20. The molecule has 4 heteroatoms. The van der Waals surface area contributed by atoms with Crippen molar-refractivity contribution in [1.29, 1.82) is 0 Å². The molecule has 0 saturated carbocycles. The maximum Gasteiger partial charge on any atom is 0.133 e. The molecule has 1 heterocycles. The van der Waals surface area contributed by atoms with Crippen molar-refractivity contribution < 1.29 is 5.11 Å². The van der Waals surface area contributed by atoms with Gasteiger partial charge in [-0.2, -0.15) is 0 Å². The second kappa shape index (κ2) is 6.48. The standard InChI is InChI=1S/C16H21N3O/c1-11-14(7-5-9-17)12(2)19-16(18-11)10-13-6-3-4-8-15(13)20/h3-4,6,8,20H,5,7,9-10,17H2,1-2H3. The minimum atomic E-state index is 0.290. The van der Waals surface area contributed by atoms with Crippen LogP contribution in [-0.4, -0.2) is 21.6 Å². The van der Waals surface area contributed by atoms with Crippen molar-refractivity contribution in [1.82, 2.24) is 9.97 Å². The van der Waals surface area contributed by atoms with E-state index in [1.807, 2.05) is 32.0 Å². The lowest BCUT2D eigenvalue weighted by atomic mass is 10.1. The summed E-state index contributed by atoms with van der Waals surface area (Å²) in [5.74, 6) is 1.04. The first-order valence-electron chi connectivity index (χ1n) is 6.91. The van der Waals surface area contributed by atoms with Crippen LogP contribution in [0.1, 0.15) is 34.8 Å². The molecule has 4 nitrogen and oxygen atoms in total. The fourth-order valence-corrected chi connectivity index (χ4v) is 2.36. The van der Waals surface area contributed by atoms with Crippen molar-refractivity contribution in [2.24, 2.45) is 5.73 Å². The summed E-state index contributed by atoms with van der Waals surface area (Å²) in [6.07, 6.45) is 2.42. The fourth-order valence-electron chi connectivity index (χ4n) is 2.36. The molecule has 0 fully saturated rings. The van der Waals surface area contributed by atoms with Gasteiger partial charge in [-0.3, -0.25) is 0 Å². The van der Waals surface area contributed by atoms with Crippen LogP contribution < -0.4 is 5.73 Å². The number of nitrogens with two attached hydrogens (primary N) is 1. The normalized spacial score (nSPS) is 10.8. The lowest BCUT2D eigenvalue weighted by Gasteiger charge is -2.11. The average Bonchev–Trinajstić information content (AvgIpc) is 2.41. The predicted octanol–water partition coefficient (Wildman–Crippen LogP) is 2.28. The van der Waals surface area contributed by atoms with Gasteiger partial charge in [0.15, 0.2) is 0 Å². The summed E-state index contributed by atoms with van der Waals surface area (Å²) >= 11 is 0. The topological polar surface area (TPSA) is 72.0 Å². The van der Waals surface area contributed by atoms with Crippen LogP contribution in [0.25, 0.3) is 0 Å². The summed E-state index contributed by atoms with van der Waals surface area (Å²) in [6, 6.07) is 7.30. The molecule has 2 aromatic rings. The number of hydrogen-bond acceptors (Lipinski definition) is 4. The summed E-state index contributed by atoms with van der Waals surface area (Å²) in [4.78, 5) is 9.12. The number of hydrogen-bond donors (Lipinski definition) is 2. The SMILES string of the molecule is Cc1nc(Cc2ccccc2O)nc(C)c1CCCN. The third-order valence-electron chi connectivity index (χ3n) is 3.44. The zero-order valence-corrected chi connectivity index (χ0v) is 12.1. The molecular formula is C16H21N3O. The quantitative estimate of drug-likeness (QED) is 0.875. The molecule has 106 valence electrons. The van der Waals surface area contributed by atoms with E-state index >= 15 is 0 Å². The van der Waals surface area contributed by atoms with Crippen LogP contribution in [0.2, 0.25) is 0 Å². The minimum absolute atomic E-state index is 0.290. The highest BCUT2D eigenvalue weighted by Gasteiger charge is 2.10. The van der Waals surface area contributed by atoms with Gasteiger partial charge in [-0.15, -0.1) is 0 Å². The van der Waals surface area contributed by atoms with Crippen LogP contribution in [0.4, 0.5) is 0 Å². The van der Waals surface area contributed by atoms with Crippen LogP contribution in [0.15, 0.2) is 24.3 Å². The van der Waals surface area contributed by atoms with E-state index in [2.05, 4.69) is 9.97 Å². The van der Waals surface area contributed by atoms with Crippen molar-refractivity contribution in [3.05, 3.63) is 52.6 Å². The Labute approximate surface area is 119 Å². The highest BCUT2D eigenvalue weighted by atomic mass is 16.3. The largest absolute Gasteiger partial charge is 0.508 e. The predicted molar refractivity (Wildman–Crippen MR) is 79.8 cm³/mol. The van der Waals surface area contributed by atoms with Crippen molar-refractivity contribution in [2.75, 3.05) is 6.54 Å². The molecule has 0 unspecified atom stereocenters. The lowest BCUT2D eigenvalue weighted by molar-refractivity contribution is 0.469. The van der Waals surface area contributed by atoms with Crippen LogP contribution in [0.5, 0.6) is 5.75 Å². The molecule has 0 aliphatic heterocycles. The Hall–Kier alpha value is -1.94. The van der Waals surface area contributed by atoms with E-state index < -0.39 is 0 Å². The first kappa shape index (κ1) is 14.5. The monoisotopic (exact) mass is 271 g/mol. The Morgan fingerprint density at radius 3 is 2.35 bits per heavy atom. The van der Waals surface area contributed by atoms with Gasteiger partial charge in [0.2, 0.25) is 0 Å². The van der Waals surface area contributed by atoms with Gasteiger partial charge in [0.1, 0.15) is 11.6 Å². The number of phenolic OH excluding ortho intramolecular Hbond substituents is 1. The molecule has 1 aromatic carbocycles. The summed E-state index contributed by atoms with van der Waals surface area (Å²) < 4.78 is 0. The third-order valence-corrected chi connectivity index (χ3v) is 3.44. The number of aryl methyl sites for hydroxylation is 2. The molecule has 0 radical (unpaired) electrons. The van der Waals surface area contributed by atoms with Crippen LogP contribution in [0, 0.1) is 13.8 Å². The Bertz CT molecular complexity index is 573. The maximum atomic E-state index is 9.81. The Morgan fingerprint density at radius 2 is 1.75 bits per heavy atom. The van der Waals surface area contributed by atoms with Gasteiger partial charge in [-0.1, -0.05) is 18.2 Å². The Kier molecular flexibility index (Phi) is 4.69. The van der Waals surface area contributed by atoms with Crippen molar-refractivity contribution in [3.63, 3.8) is 0 Å². The number of rotatable bonds is 5. The summed E-state index contributed by atoms with van der Waals surface area (Å²) in [7, 11) is 0. The smallest absolute Gasteiger partial charge is 0.133 e. The zero-order valence-electron chi connectivity index (χ0n) is 12.1. The molecule has 0 bridgehead atoms. The van der Waals surface area contributed by atoms with E-state index in [0.29, 0.717) is 18.7 Å². The second-order valence-corrected chi connectivity index (χ2v) is 4.99. The number of phenols is 1. The number of benzene rings is 1. The molecule has 20 heavy (non-hydrogen) atoms. The number of nitrogens with zero attached hydrogens (tertiary/aromatic N) is 2. The van der Waals surface area contributed by atoms with E-state index in [0.717, 1.165) is 35.6 Å². The van der Waals surface area contributed by atoms with Crippen molar-refractivity contribution in [2.45, 2.75) is 33.1 Å². The molecule has 0 amide bonds. The first-order chi connectivity index (χ1) is 9.61. The van der Waals surface area contributed by atoms with Gasteiger partial charge in [-0.05, 0) is 44.9 Å². The fraction of sp³-hybridized carbons (Fsp3) is 0.375. The molecule has 0 spiro atoms. The number of aromatic nitrogens is 2. The van der Waals surface area contributed by atoms with Gasteiger partial charge in [-0.25, -0.2) is 9.97 Å². The van der Waals surface area contributed by atoms with E-state index in [4.69, 9.17) is 5.73 Å². The summed E-state index contributed by atoms with van der Waals surface area (Å²) in [5.41, 5.74) is 9.62. The molecule has 0 saturated heterocycles. The number of para-hydroxylation sites is 1. The van der Waals surface area contributed by atoms with Crippen molar-refractivity contribution in [3.8, 4) is 5.75 Å². The van der Waals surface area contributed by atoms with E-state index in [1.54, 1.807) is 6.07 Å². The zero-order chi connectivity index (χ0) is 14.5. The summed E-state index contributed by atoms with van der Waals surface area (Å²) in [5, 5.41) is 9.81. The summed E-state index contributed by atoms with van der Waals surface area (Å²) in [6.45, 7) is 4.70. The molecule has 0 aliphatic rings. The molecule has 0 atom stereocenters. The lowest BCUT2D eigenvalue weighted by Crippen LogP contribution is -2.08. The maximum absolute atomic E-state index is 9.81. The molecular weight excluding hydrogens is 250 g/mol. The highest BCUT2D eigenvalue weighted by molar-refractivity contribution is 5.34. The van der Waals surface area contributed by atoms with Crippen LogP contribution >= 0.6 is 0 Å². The molecule has 0 aliphatic carbocycles. The Balaban J connectivity index is 2.24. The molecule has 1 aromatic heterocycles. The number of aromatic hydroxyl groups is 1. The van der Waals surface area contributed by atoms with Gasteiger partial charge < -0.3 is 10.8 Å². The Morgan fingerprint density at radius 1 is 1.10 bits per heavy atom. The molecule has 2 rings (SSSR count). The van der Waals surface area contributed by atoms with Crippen LogP contribution in [-0.2, 0) is 12.8 Å². The van der Waals surface area contributed by atoms with E-state index in [-0.39, 0.29) is 0 Å². The average molecular weight is 271 g/mol. The van der Waals surface area contributed by atoms with Gasteiger partial charge in [0, 0.05) is 23.4 Å². The first-order valence-corrected chi connectivity index (χ1v) is 6.91. The third kappa shape index (κ3) is 3.33. The van der Waals surface area contributed by atoms with Gasteiger partial charge in [0.05, 0.1) is 0 Å².